The zero-order valence-electron chi connectivity index (χ0n) is 49.6. The van der Waals surface area contributed by atoms with Crippen molar-refractivity contribution in [2.24, 2.45) is 21.8 Å². The van der Waals surface area contributed by atoms with Gasteiger partial charge in [0.25, 0.3) is 0 Å². The van der Waals surface area contributed by atoms with Crippen molar-refractivity contribution >= 4 is 74.2 Å². The highest BCUT2D eigenvalue weighted by Gasteiger charge is 2.44. The molecule has 0 saturated carbocycles. The van der Waals surface area contributed by atoms with Crippen LogP contribution >= 0.6 is 22.6 Å². The molecule has 85 heavy (non-hydrogen) atoms. The van der Waals surface area contributed by atoms with Gasteiger partial charge in [-0.25, -0.2) is 9.97 Å². The van der Waals surface area contributed by atoms with E-state index in [0.717, 1.165) is 102 Å². The minimum absolute atomic E-state index is 0.0186. The maximum absolute atomic E-state index is 14.1. The molecular weight excluding hydrogens is 1180 g/mol. The number of amides is 1. The Morgan fingerprint density at radius 2 is 1.59 bits per heavy atom. The number of carbonyl (C=O) groups excluding carboxylic acids is 2. The van der Waals surface area contributed by atoms with Crippen LogP contribution in [0.5, 0.6) is 11.5 Å². The first-order chi connectivity index (χ1) is 41.3. The molecular formula is C69H73IN8O7. The summed E-state index contributed by atoms with van der Waals surface area (Å²) in [6.45, 7) is 15.5. The predicted octanol–water partition coefficient (Wildman–Crippen LogP) is 13.1. The number of Topliss-reactive ketones (excluding diaryl/α,β-unsaturated/α-hetero) is 1. The van der Waals surface area contributed by atoms with Gasteiger partial charge in [0, 0.05) is 147 Å². The molecule has 4 aromatic carbocycles. The average molecular weight is 1250 g/mol. The third-order valence-corrected chi connectivity index (χ3v) is 17.7. The van der Waals surface area contributed by atoms with E-state index in [4.69, 9.17) is 33.7 Å². The van der Waals surface area contributed by atoms with Crippen molar-refractivity contribution in [3.8, 4) is 23.3 Å². The molecule has 0 spiro atoms. The third-order valence-electron chi connectivity index (χ3n) is 17.1. The molecule has 1 amide bonds. The Balaban J connectivity index is 0.798. The molecule has 5 atom stereocenters. The lowest BCUT2D eigenvalue weighted by Gasteiger charge is -2.22. The Hall–Kier alpha value is -7.69. The van der Waals surface area contributed by atoms with E-state index >= 15 is 0 Å². The summed E-state index contributed by atoms with van der Waals surface area (Å²) in [7, 11) is 3.26. The second-order valence-corrected chi connectivity index (χ2v) is 23.8. The van der Waals surface area contributed by atoms with Gasteiger partial charge in [-0.2, -0.15) is 0 Å². The highest BCUT2D eigenvalue weighted by Crippen LogP contribution is 2.47. The Kier molecular flexibility index (Phi) is 18.3. The van der Waals surface area contributed by atoms with Crippen LogP contribution in [0, 0.1) is 41.1 Å². The number of rotatable bonds is 20. The maximum Gasteiger partial charge on any atom is 0.220 e. The van der Waals surface area contributed by atoms with E-state index in [2.05, 4.69) is 137 Å². The van der Waals surface area contributed by atoms with E-state index in [-0.39, 0.29) is 41.6 Å². The zero-order chi connectivity index (χ0) is 59.3. The summed E-state index contributed by atoms with van der Waals surface area (Å²) in [5, 5.41) is 7.42. The number of ketones is 1. The number of aliphatic imine (C=N–C) groups is 2. The molecule has 0 saturated heterocycles. The van der Waals surface area contributed by atoms with E-state index < -0.39 is 0 Å². The van der Waals surface area contributed by atoms with E-state index in [9.17, 15) is 9.59 Å². The minimum atomic E-state index is -0.223. The van der Waals surface area contributed by atoms with Crippen LogP contribution in [-0.4, -0.2) is 89.7 Å². The van der Waals surface area contributed by atoms with Gasteiger partial charge < -0.3 is 44.3 Å². The van der Waals surface area contributed by atoms with Gasteiger partial charge in [0.1, 0.15) is 25.4 Å². The molecule has 438 valence electrons. The van der Waals surface area contributed by atoms with Crippen molar-refractivity contribution in [3.63, 3.8) is 0 Å². The standard InChI is InChI=1S/C69H73IN8O7/c1-9-50-39(2)54-34-60-65(43(6)85-37-47-16-11-17-48(70)28-47)41(4)56(76-60)32-55-40(3)51(67(77-55)53-30-61(79)66-42(5)57(78-68(53)66)33-59(50)75-54)21-22-64(80)71-36-46-15-10-13-44(27-46)19-20-45-14-12-18-49(29-45)74-69-52-31-62(83-25-23-81-7)63(84-26-24-82-8)35-58(52)72-38-73-69/h10-18,27-29,31-32,35,38,40,43,51,53-54,76,78H,9,21-26,30,33-34,36-37H2,1-8H3,(H,71,80)(H,72,73,74)/t40-,43?,51-,53?,54?/m0/s1/i70+0. The number of fused-ring (bicyclic) bond motifs is 7. The molecule has 3 aromatic heterocycles. The van der Waals surface area contributed by atoms with Crippen molar-refractivity contribution in [2.45, 2.75) is 111 Å². The molecule has 8 bridgehead atoms. The Morgan fingerprint density at radius 1 is 0.847 bits per heavy atom. The van der Waals surface area contributed by atoms with Gasteiger partial charge in [0.2, 0.25) is 5.91 Å². The van der Waals surface area contributed by atoms with Crippen LogP contribution in [0.4, 0.5) is 11.5 Å². The van der Waals surface area contributed by atoms with E-state index in [1.807, 2.05) is 60.7 Å². The summed E-state index contributed by atoms with van der Waals surface area (Å²) in [5.74, 6) is 8.14. The van der Waals surface area contributed by atoms with Crippen LogP contribution < -0.4 is 20.1 Å². The second-order valence-electron chi connectivity index (χ2n) is 22.5. The predicted molar refractivity (Wildman–Crippen MR) is 342 cm³/mol. The third kappa shape index (κ3) is 13.0. The number of halogens is 1. The molecule has 1 aliphatic carbocycles. The van der Waals surface area contributed by atoms with Gasteiger partial charge in [0.05, 0.1) is 37.5 Å². The molecule has 11 rings (SSSR count). The van der Waals surface area contributed by atoms with Crippen LogP contribution in [0.1, 0.15) is 137 Å². The van der Waals surface area contributed by atoms with Gasteiger partial charge in [-0.15, -0.1) is 0 Å². The van der Waals surface area contributed by atoms with Crippen LogP contribution in [0.15, 0.2) is 118 Å². The summed E-state index contributed by atoms with van der Waals surface area (Å²) in [5.41, 5.74) is 18.9. The highest BCUT2D eigenvalue weighted by atomic mass is 127. The largest absolute Gasteiger partial charge is 0.487 e. The zero-order valence-corrected chi connectivity index (χ0v) is 51.8. The highest BCUT2D eigenvalue weighted by molar-refractivity contribution is 14.1. The first kappa shape index (κ1) is 59.1. The minimum Gasteiger partial charge on any atom is -0.487 e. The molecule has 0 fully saturated rings. The van der Waals surface area contributed by atoms with Crippen molar-refractivity contribution in [3.05, 3.63) is 179 Å². The molecule has 3 unspecified atom stereocenters. The molecule has 6 heterocycles. The lowest BCUT2D eigenvalue weighted by Crippen LogP contribution is -2.27. The molecule has 0 radical (unpaired) electrons. The number of nitrogens with one attached hydrogen (secondary N) is 4. The molecule has 15 nitrogen and oxygen atoms in total. The Labute approximate surface area is 511 Å². The molecule has 4 aliphatic rings. The van der Waals surface area contributed by atoms with Gasteiger partial charge in [-0.1, -0.05) is 56.0 Å². The topological polar surface area (TPSA) is 186 Å². The first-order valence-corrected chi connectivity index (χ1v) is 30.5. The van der Waals surface area contributed by atoms with Gasteiger partial charge in [0.15, 0.2) is 17.3 Å². The van der Waals surface area contributed by atoms with Crippen molar-refractivity contribution in [2.75, 3.05) is 46.0 Å². The number of allylic oxidation sites excluding steroid dienone is 2. The van der Waals surface area contributed by atoms with Crippen LogP contribution in [0.25, 0.3) is 17.0 Å². The van der Waals surface area contributed by atoms with Crippen LogP contribution in [0.2, 0.25) is 0 Å². The average Bonchev–Trinajstić information content (AvgIpc) is 1.87. The second kappa shape index (κ2) is 26.3. The quantitative estimate of drug-likeness (QED) is 0.0325. The number of methoxy groups -OCH3 is 2. The number of hydrogen-bond acceptors (Lipinski definition) is 12. The maximum atomic E-state index is 14.1. The fourth-order valence-corrected chi connectivity index (χ4v) is 13.2. The molecule has 16 heteroatoms. The van der Waals surface area contributed by atoms with E-state index in [0.29, 0.717) is 94.5 Å². The number of benzene rings is 4. The van der Waals surface area contributed by atoms with Gasteiger partial charge in [-0.3, -0.25) is 19.6 Å². The van der Waals surface area contributed by atoms with E-state index in [1.165, 1.54) is 21.0 Å². The number of H-pyrrole nitrogens is 2. The lowest BCUT2D eigenvalue weighted by molar-refractivity contribution is -0.121. The fourth-order valence-electron chi connectivity index (χ4n) is 12.6. The van der Waals surface area contributed by atoms with Crippen LogP contribution in [0.3, 0.4) is 0 Å². The SMILES string of the molecule is CCC1=C(C)C2Cc3[nH]c(c(C)c3C(C)OCc3cccc([127I])c3)C=C3N=C(C4CC(=O)c5c4[nH]c(c5C)CC1=N2)[C@@H](CCC(=O)NCc1cccc(C#Cc2cccc(Nc4ncnc5cc(OCCOC)c(OCCOC)cc45)c2)c1)[C@@H]3C. The number of aromatic nitrogens is 4. The first-order valence-electron chi connectivity index (χ1n) is 29.4. The summed E-state index contributed by atoms with van der Waals surface area (Å²) >= 11 is 2.35. The summed E-state index contributed by atoms with van der Waals surface area (Å²) < 4.78 is 30.3. The van der Waals surface area contributed by atoms with Gasteiger partial charge in [-0.05, 0) is 151 Å². The Bertz CT molecular complexity index is 3900. The van der Waals surface area contributed by atoms with Crippen molar-refractivity contribution in [1.82, 2.24) is 25.3 Å². The summed E-state index contributed by atoms with van der Waals surface area (Å²) in [4.78, 5) is 55.9. The number of aromatic amines is 2. The lowest BCUT2D eigenvalue weighted by atomic mass is 9.81. The van der Waals surface area contributed by atoms with Crippen molar-refractivity contribution in [1.29, 1.82) is 0 Å². The number of carbonyl (C=O) groups is 2. The van der Waals surface area contributed by atoms with Crippen molar-refractivity contribution < 1.29 is 33.3 Å². The number of ether oxygens (including phenoxy) is 5. The monoisotopic (exact) mass is 1250 g/mol. The number of nitrogens with zero attached hydrogens (tertiary/aromatic N) is 4. The Morgan fingerprint density at radius 3 is 2.35 bits per heavy atom. The summed E-state index contributed by atoms with van der Waals surface area (Å²) in [6.07, 6.45) is 6.95. The molecule has 4 N–H and O–H groups in total. The summed E-state index contributed by atoms with van der Waals surface area (Å²) in [6, 6.07) is 27.9. The number of hydrogen-bond donors (Lipinski definition) is 4. The smallest absolute Gasteiger partial charge is 0.220 e. The fraction of sp³-hybridized carbons (Fsp3) is 0.362. The molecule has 3 aliphatic heterocycles. The molecule has 7 aromatic rings. The van der Waals surface area contributed by atoms with Gasteiger partial charge >= 0.3 is 0 Å². The van der Waals surface area contributed by atoms with E-state index in [1.54, 1.807) is 14.2 Å². The normalized spacial score (nSPS) is 18.2. The number of anilines is 2. The van der Waals surface area contributed by atoms with Crippen LogP contribution in [-0.2, 0) is 45.0 Å².